The number of aryl methyl sites for hydroxylation is 2. The van der Waals surface area contributed by atoms with Crippen LogP contribution in [0.1, 0.15) is 22.6 Å². The summed E-state index contributed by atoms with van der Waals surface area (Å²) >= 11 is 2.65. The quantitative estimate of drug-likeness (QED) is 0.377. The van der Waals surface area contributed by atoms with Gasteiger partial charge in [-0.2, -0.15) is 8.78 Å². The highest BCUT2D eigenvalue weighted by atomic mass is 32.2. The van der Waals surface area contributed by atoms with Crippen molar-refractivity contribution in [2.75, 3.05) is 11.6 Å². The van der Waals surface area contributed by atoms with Gasteiger partial charge in [0, 0.05) is 28.1 Å². The van der Waals surface area contributed by atoms with Crippen molar-refractivity contribution in [3.05, 3.63) is 50.8 Å². The molecule has 3 rings (SSSR count). The third-order valence-electron chi connectivity index (χ3n) is 4.39. The predicted octanol–water partition coefficient (Wildman–Crippen LogP) is 4.40. The molecule has 0 fully saturated rings. The minimum absolute atomic E-state index is 0.0606. The van der Waals surface area contributed by atoms with Gasteiger partial charge < -0.3 is 15.0 Å². The number of carbonyl (C=O) groups is 1. The Morgan fingerprint density at radius 1 is 1.26 bits per heavy atom. The highest BCUT2D eigenvalue weighted by Crippen LogP contribution is 2.31. The smallest absolute Gasteiger partial charge is 0.387 e. The Labute approximate surface area is 185 Å². The summed E-state index contributed by atoms with van der Waals surface area (Å²) in [6.45, 7) is 0.719. The summed E-state index contributed by atoms with van der Waals surface area (Å²) in [5, 5.41) is 3.71. The average Bonchev–Trinajstić information content (AvgIpc) is 3.07. The van der Waals surface area contributed by atoms with Crippen LogP contribution in [0.25, 0.3) is 11.3 Å². The van der Waals surface area contributed by atoms with Crippen LogP contribution in [0, 0.1) is 13.8 Å². The van der Waals surface area contributed by atoms with Gasteiger partial charge in [0.15, 0.2) is 10.3 Å². The summed E-state index contributed by atoms with van der Waals surface area (Å²) in [5.41, 5.74) is 2.21. The van der Waals surface area contributed by atoms with Crippen LogP contribution in [0.15, 0.2) is 34.2 Å². The maximum absolute atomic E-state index is 12.4. The fourth-order valence-corrected chi connectivity index (χ4v) is 4.18. The number of thiazole rings is 1. The molecule has 0 bridgehead atoms. The minimum atomic E-state index is -2.88. The Morgan fingerprint density at radius 3 is 2.58 bits per heavy atom. The van der Waals surface area contributed by atoms with E-state index in [1.165, 1.54) is 35.2 Å². The second kappa shape index (κ2) is 10.0. The number of amides is 1. The lowest BCUT2D eigenvalue weighted by Gasteiger charge is -2.06. The first kappa shape index (κ1) is 22.9. The number of hydrogen-bond donors (Lipinski definition) is 2. The highest BCUT2D eigenvalue weighted by molar-refractivity contribution is 7.98. The fraction of sp³-hybridized carbons (Fsp3) is 0.300. The zero-order valence-corrected chi connectivity index (χ0v) is 18.6. The van der Waals surface area contributed by atoms with Crippen molar-refractivity contribution in [2.45, 2.75) is 38.5 Å². The number of carbonyl (C=O) groups excluding carboxylic acids is 1. The number of aromatic nitrogens is 3. The number of rotatable bonds is 8. The summed E-state index contributed by atoms with van der Waals surface area (Å²) in [5.74, 6) is -0.209. The molecule has 11 heteroatoms. The first-order chi connectivity index (χ1) is 14.8. The lowest BCUT2D eigenvalue weighted by Crippen LogP contribution is -2.20. The maximum atomic E-state index is 12.4. The molecule has 0 aliphatic heterocycles. The molecule has 0 aliphatic carbocycles. The predicted molar refractivity (Wildman–Crippen MR) is 117 cm³/mol. The molecule has 0 atom stereocenters. The van der Waals surface area contributed by atoms with Gasteiger partial charge in [-0.15, -0.1) is 11.3 Å². The molecule has 2 aromatic heterocycles. The lowest BCUT2D eigenvalue weighted by molar-refractivity contribution is -0.116. The number of nitrogens with one attached hydrogen (secondary N) is 2. The third kappa shape index (κ3) is 5.88. The van der Waals surface area contributed by atoms with Gasteiger partial charge >= 0.3 is 6.61 Å². The van der Waals surface area contributed by atoms with E-state index < -0.39 is 6.61 Å². The number of anilines is 1. The molecule has 0 saturated heterocycles. The Morgan fingerprint density at radius 2 is 1.97 bits per heavy atom. The number of nitrogens with zero attached hydrogens (tertiary/aromatic N) is 2. The van der Waals surface area contributed by atoms with E-state index in [0.29, 0.717) is 27.2 Å². The van der Waals surface area contributed by atoms with Gasteiger partial charge in [0.1, 0.15) is 5.75 Å². The Kier molecular flexibility index (Phi) is 7.39. The molecule has 2 N–H and O–H groups in total. The van der Waals surface area contributed by atoms with Crippen LogP contribution in [-0.4, -0.2) is 33.7 Å². The van der Waals surface area contributed by atoms with Crippen molar-refractivity contribution in [2.24, 2.45) is 0 Å². The van der Waals surface area contributed by atoms with Crippen molar-refractivity contribution < 1.29 is 18.3 Å². The van der Waals surface area contributed by atoms with Crippen molar-refractivity contribution in [3.63, 3.8) is 0 Å². The van der Waals surface area contributed by atoms with Crippen molar-refractivity contribution in [3.8, 4) is 17.0 Å². The van der Waals surface area contributed by atoms with E-state index in [1.807, 2.05) is 13.2 Å². The molecular weight excluding hydrogens is 446 g/mol. The number of ether oxygens (including phenoxy) is 1. The van der Waals surface area contributed by atoms with Gasteiger partial charge in [0.2, 0.25) is 5.91 Å². The summed E-state index contributed by atoms with van der Waals surface area (Å²) < 4.78 is 28.9. The Balaban J connectivity index is 1.65. The number of H-pyrrole nitrogens is 1. The van der Waals surface area contributed by atoms with E-state index in [2.05, 4.69) is 25.0 Å². The Bertz CT molecular complexity index is 1130. The summed E-state index contributed by atoms with van der Waals surface area (Å²) in [6.07, 6.45) is 2.19. The van der Waals surface area contributed by atoms with Crippen molar-refractivity contribution >= 4 is 34.1 Å². The zero-order chi connectivity index (χ0) is 22.5. The molecule has 1 amide bonds. The number of halogens is 2. The van der Waals surface area contributed by atoms with Crippen molar-refractivity contribution in [1.82, 2.24) is 15.0 Å². The third-order valence-corrected chi connectivity index (χ3v) is 5.86. The van der Waals surface area contributed by atoms with E-state index in [0.717, 1.165) is 10.4 Å². The number of aromatic amines is 1. The molecule has 0 saturated carbocycles. The molecule has 0 unspecified atom stereocenters. The normalized spacial score (nSPS) is 11.0. The number of thioether (sulfide) groups is 1. The van der Waals surface area contributed by atoms with E-state index in [-0.39, 0.29) is 30.1 Å². The van der Waals surface area contributed by atoms with E-state index in [9.17, 15) is 18.4 Å². The van der Waals surface area contributed by atoms with Gasteiger partial charge in [-0.25, -0.2) is 9.97 Å². The first-order valence-corrected chi connectivity index (χ1v) is 11.3. The second-order valence-corrected chi connectivity index (χ2v) is 8.51. The van der Waals surface area contributed by atoms with Crippen LogP contribution < -0.4 is 15.6 Å². The first-order valence-electron chi connectivity index (χ1n) is 9.23. The van der Waals surface area contributed by atoms with Crippen LogP contribution in [0.2, 0.25) is 0 Å². The largest absolute Gasteiger partial charge is 0.435 e. The number of hydrogen-bond acceptors (Lipinski definition) is 7. The van der Waals surface area contributed by atoms with E-state index >= 15 is 0 Å². The summed E-state index contributed by atoms with van der Waals surface area (Å²) in [7, 11) is 0. The molecule has 7 nitrogen and oxygen atoms in total. The number of alkyl halides is 2. The van der Waals surface area contributed by atoms with Crippen LogP contribution in [0.5, 0.6) is 5.75 Å². The molecular formula is C20H20F2N4O3S2. The molecule has 0 aliphatic rings. The van der Waals surface area contributed by atoms with E-state index in [4.69, 9.17) is 0 Å². The van der Waals surface area contributed by atoms with Crippen molar-refractivity contribution in [1.29, 1.82) is 0 Å². The average molecular weight is 467 g/mol. The number of benzene rings is 1. The van der Waals surface area contributed by atoms with Crippen LogP contribution in [-0.2, 0) is 11.2 Å². The molecule has 164 valence electrons. The van der Waals surface area contributed by atoms with Gasteiger partial charge in [0.25, 0.3) is 5.56 Å². The molecule has 3 aromatic rings. The van der Waals surface area contributed by atoms with E-state index in [1.54, 1.807) is 19.1 Å². The zero-order valence-electron chi connectivity index (χ0n) is 17.0. The molecule has 0 spiro atoms. The topological polar surface area (TPSA) is 97.0 Å². The SMILES string of the molecule is CSc1nc(C)c(CCC(=O)Nc2nc(-c3ccc(OC(F)F)cc3)c(C)s2)c(=O)[nH]1. The summed E-state index contributed by atoms with van der Waals surface area (Å²) in [6, 6.07) is 6.14. The lowest BCUT2D eigenvalue weighted by atomic mass is 10.1. The molecule has 1 aromatic carbocycles. The maximum Gasteiger partial charge on any atom is 0.387 e. The van der Waals surface area contributed by atoms with Crippen LogP contribution >= 0.6 is 23.1 Å². The van der Waals surface area contributed by atoms with Gasteiger partial charge in [-0.3, -0.25) is 9.59 Å². The highest BCUT2D eigenvalue weighted by Gasteiger charge is 2.15. The molecule has 31 heavy (non-hydrogen) atoms. The fourth-order valence-electron chi connectivity index (χ4n) is 2.91. The van der Waals surface area contributed by atoms with Crippen LogP contribution in [0.4, 0.5) is 13.9 Å². The summed E-state index contributed by atoms with van der Waals surface area (Å²) in [4.78, 5) is 36.8. The molecule has 0 radical (unpaired) electrons. The van der Waals surface area contributed by atoms with Gasteiger partial charge in [-0.1, -0.05) is 11.8 Å². The van der Waals surface area contributed by atoms with Gasteiger partial charge in [0.05, 0.1) is 5.69 Å². The molecule has 2 heterocycles. The van der Waals surface area contributed by atoms with Crippen LogP contribution in [0.3, 0.4) is 0 Å². The minimum Gasteiger partial charge on any atom is -0.435 e. The second-order valence-electron chi connectivity index (χ2n) is 6.51. The van der Waals surface area contributed by atoms with Gasteiger partial charge in [-0.05, 0) is 50.8 Å². The monoisotopic (exact) mass is 466 g/mol. The Hall–Kier alpha value is -2.79. The standard InChI is InChI=1S/C20H20F2N4O3S2/c1-10-14(17(28)26-19(23-10)30-3)8-9-15(27)24-20-25-16(11(2)31-20)12-4-6-13(7-5-12)29-18(21)22/h4-7,18H,8-9H2,1-3H3,(H,23,26,28)(H,24,25,27).